The molecule has 2 heterocycles. The lowest BCUT2D eigenvalue weighted by Crippen LogP contribution is -2.45. The van der Waals surface area contributed by atoms with Crippen LogP contribution in [0.5, 0.6) is 0 Å². The zero-order valence-corrected chi connectivity index (χ0v) is 20.4. The molecule has 1 aliphatic heterocycles. The molecule has 1 saturated heterocycles. The Morgan fingerprint density at radius 1 is 1.11 bits per heavy atom. The van der Waals surface area contributed by atoms with E-state index >= 15 is 0 Å². The van der Waals surface area contributed by atoms with Crippen LogP contribution in [0, 0.1) is 0 Å². The van der Waals surface area contributed by atoms with Crippen molar-refractivity contribution in [3.63, 3.8) is 0 Å². The van der Waals surface area contributed by atoms with Gasteiger partial charge in [-0.1, -0.05) is 23.7 Å². The molecule has 186 valence electrons. The van der Waals surface area contributed by atoms with Crippen molar-refractivity contribution in [1.82, 2.24) is 9.13 Å². The Labute approximate surface area is 211 Å². The lowest BCUT2D eigenvalue weighted by atomic mass is 9.87. The molecule has 3 aromatic rings. The fourth-order valence-corrected chi connectivity index (χ4v) is 5.13. The van der Waals surface area contributed by atoms with E-state index in [4.69, 9.17) is 21.1 Å². The van der Waals surface area contributed by atoms with Gasteiger partial charge >= 0.3 is 17.8 Å². The van der Waals surface area contributed by atoms with Crippen LogP contribution in [0.1, 0.15) is 47.3 Å². The van der Waals surface area contributed by atoms with E-state index in [2.05, 4.69) is 0 Å². The summed E-state index contributed by atoms with van der Waals surface area (Å²) >= 11 is 6.42. The number of anilines is 1. The molecule has 1 fully saturated rings. The first-order chi connectivity index (χ1) is 17.4. The number of carbonyl (C=O) groups is 2. The standard InChI is InChI=1S/C26H24ClN3O6/c1-2-35-24(32)20-15-29(17-11-9-16(10-12-17)28-13-14-36-26(28)34)25(33)30(23(20)31)22-8-4-5-18-19(22)6-3-7-21(18)27/h3,6-7,9-12,15,22H,2,4-5,8,13-14H2,1H3. The molecule has 9 nitrogen and oxygen atoms in total. The van der Waals surface area contributed by atoms with Crippen LogP contribution in [-0.2, 0) is 15.9 Å². The minimum atomic E-state index is -0.802. The first kappa shape index (κ1) is 23.9. The summed E-state index contributed by atoms with van der Waals surface area (Å²) < 4.78 is 12.5. The summed E-state index contributed by atoms with van der Waals surface area (Å²) in [5.74, 6) is -0.802. The Bertz CT molecular complexity index is 1460. The minimum Gasteiger partial charge on any atom is -0.462 e. The van der Waals surface area contributed by atoms with Gasteiger partial charge < -0.3 is 9.47 Å². The van der Waals surface area contributed by atoms with Crippen LogP contribution in [0.3, 0.4) is 0 Å². The summed E-state index contributed by atoms with van der Waals surface area (Å²) in [7, 11) is 0. The number of aromatic nitrogens is 2. The fraction of sp³-hybridized carbons (Fsp3) is 0.308. The maximum absolute atomic E-state index is 13.8. The van der Waals surface area contributed by atoms with Crippen molar-refractivity contribution in [1.29, 1.82) is 0 Å². The predicted octanol–water partition coefficient (Wildman–Crippen LogP) is 3.71. The Kier molecular flexibility index (Phi) is 6.40. The van der Waals surface area contributed by atoms with Gasteiger partial charge in [-0.3, -0.25) is 18.8 Å². The van der Waals surface area contributed by atoms with Crippen molar-refractivity contribution in [3.8, 4) is 5.69 Å². The van der Waals surface area contributed by atoms with Crippen LogP contribution in [-0.4, -0.2) is 41.0 Å². The van der Waals surface area contributed by atoms with E-state index in [1.165, 1.54) is 15.7 Å². The molecule has 1 aliphatic carbocycles. The highest BCUT2D eigenvalue weighted by atomic mass is 35.5. The monoisotopic (exact) mass is 509 g/mol. The van der Waals surface area contributed by atoms with Gasteiger partial charge in [-0.25, -0.2) is 14.4 Å². The quantitative estimate of drug-likeness (QED) is 0.486. The van der Waals surface area contributed by atoms with E-state index in [1.807, 2.05) is 6.07 Å². The van der Waals surface area contributed by atoms with Gasteiger partial charge in [0.2, 0.25) is 0 Å². The smallest absolute Gasteiger partial charge is 0.414 e. The number of amides is 1. The summed E-state index contributed by atoms with van der Waals surface area (Å²) in [4.78, 5) is 53.4. The lowest BCUT2D eigenvalue weighted by molar-refractivity contribution is 0.0522. The van der Waals surface area contributed by atoms with E-state index in [0.29, 0.717) is 36.0 Å². The number of rotatable bonds is 5. The van der Waals surface area contributed by atoms with E-state index in [-0.39, 0.29) is 12.2 Å². The number of cyclic esters (lactones) is 1. The third kappa shape index (κ3) is 4.09. The van der Waals surface area contributed by atoms with Crippen molar-refractivity contribution in [2.75, 3.05) is 24.7 Å². The summed E-state index contributed by atoms with van der Waals surface area (Å²) in [6, 6.07) is 11.5. The second-order valence-corrected chi connectivity index (χ2v) is 9.00. The van der Waals surface area contributed by atoms with Crippen molar-refractivity contribution in [3.05, 3.63) is 91.2 Å². The predicted molar refractivity (Wildman–Crippen MR) is 133 cm³/mol. The summed E-state index contributed by atoms with van der Waals surface area (Å²) in [5, 5.41) is 0.586. The zero-order valence-electron chi connectivity index (χ0n) is 19.6. The number of hydrogen-bond donors (Lipinski definition) is 0. The number of halogens is 1. The topological polar surface area (TPSA) is 99.8 Å². The van der Waals surface area contributed by atoms with Gasteiger partial charge in [0.05, 0.1) is 24.9 Å². The molecule has 0 radical (unpaired) electrons. The molecular weight excluding hydrogens is 486 g/mol. The van der Waals surface area contributed by atoms with Crippen LogP contribution < -0.4 is 16.1 Å². The Morgan fingerprint density at radius 3 is 2.56 bits per heavy atom. The number of fused-ring (bicyclic) bond motifs is 1. The van der Waals surface area contributed by atoms with Crippen LogP contribution in [0.25, 0.3) is 5.69 Å². The second-order valence-electron chi connectivity index (χ2n) is 8.59. The van der Waals surface area contributed by atoms with E-state index in [0.717, 1.165) is 28.5 Å². The minimum absolute atomic E-state index is 0.0832. The van der Waals surface area contributed by atoms with Gasteiger partial charge in [-0.05, 0) is 67.6 Å². The SMILES string of the molecule is CCOC(=O)c1cn(-c2ccc(N3CCOC3=O)cc2)c(=O)n(C2CCCc3c(Cl)cccc32)c1=O. The summed E-state index contributed by atoms with van der Waals surface area (Å²) in [5.41, 5.74) is 1.21. The molecule has 10 heteroatoms. The van der Waals surface area contributed by atoms with Crippen molar-refractivity contribution < 1.29 is 19.1 Å². The highest BCUT2D eigenvalue weighted by molar-refractivity contribution is 6.31. The Morgan fingerprint density at radius 2 is 1.86 bits per heavy atom. The molecule has 0 saturated carbocycles. The molecule has 1 aromatic heterocycles. The summed E-state index contributed by atoms with van der Waals surface area (Å²) in [6.45, 7) is 2.47. The van der Waals surface area contributed by atoms with E-state index in [9.17, 15) is 19.2 Å². The van der Waals surface area contributed by atoms with Gasteiger partial charge in [0.25, 0.3) is 5.56 Å². The molecule has 0 bridgehead atoms. The number of nitrogens with zero attached hydrogens (tertiary/aromatic N) is 3. The molecule has 1 unspecified atom stereocenters. The van der Waals surface area contributed by atoms with Gasteiger partial charge in [0.1, 0.15) is 12.2 Å². The molecule has 0 N–H and O–H groups in total. The van der Waals surface area contributed by atoms with Gasteiger partial charge in [0.15, 0.2) is 0 Å². The van der Waals surface area contributed by atoms with Crippen LogP contribution in [0.2, 0.25) is 5.02 Å². The average molecular weight is 510 g/mol. The first-order valence-electron chi connectivity index (χ1n) is 11.8. The summed E-state index contributed by atoms with van der Waals surface area (Å²) in [6.07, 6.45) is 2.81. The highest BCUT2D eigenvalue weighted by Gasteiger charge is 2.29. The molecule has 2 aliphatic rings. The highest BCUT2D eigenvalue weighted by Crippen LogP contribution is 2.35. The fourth-order valence-electron chi connectivity index (χ4n) is 4.85. The number of hydrogen-bond acceptors (Lipinski definition) is 6. The maximum Gasteiger partial charge on any atom is 0.414 e. The molecule has 1 amide bonds. The average Bonchev–Trinajstić information content (AvgIpc) is 3.31. The normalized spacial score (nSPS) is 17.0. The second kappa shape index (κ2) is 9.66. The molecule has 5 rings (SSSR count). The molecule has 36 heavy (non-hydrogen) atoms. The number of carbonyl (C=O) groups excluding carboxylic acids is 2. The first-order valence-corrected chi connectivity index (χ1v) is 12.2. The van der Waals surface area contributed by atoms with Gasteiger partial charge in [-0.15, -0.1) is 0 Å². The largest absolute Gasteiger partial charge is 0.462 e. The van der Waals surface area contributed by atoms with Crippen LogP contribution in [0.15, 0.2) is 58.3 Å². The molecule has 0 spiro atoms. The van der Waals surface area contributed by atoms with Crippen molar-refractivity contribution >= 4 is 29.4 Å². The van der Waals surface area contributed by atoms with Crippen LogP contribution >= 0.6 is 11.6 Å². The van der Waals surface area contributed by atoms with Crippen LogP contribution in [0.4, 0.5) is 10.5 Å². The van der Waals surface area contributed by atoms with Crippen molar-refractivity contribution in [2.24, 2.45) is 0 Å². The number of benzene rings is 2. The zero-order chi connectivity index (χ0) is 25.4. The molecular formula is C26H24ClN3O6. The Balaban J connectivity index is 1.67. The third-order valence-electron chi connectivity index (χ3n) is 6.55. The third-order valence-corrected chi connectivity index (χ3v) is 6.90. The number of esters is 1. The molecule has 1 atom stereocenters. The molecule has 2 aromatic carbocycles. The van der Waals surface area contributed by atoms with Gasteiger partial charge in [0, 0.05) is 16.9 Å². The van der Waals surface area contributed by atoms with E-state index < -0.39 is 29.4 Å². The van der Waals surface area contributed by atoms with E-state index in [1.54, 1.807) is 43.3 Å². The Hall–Kier alpha value is -3.85. The lowest BCUT2D eigenvalue weighted by Gasteiger charge is -2.28. The maximum atomic E-state index is 13.8. The van der Waals surface area contributed by atoms with Gasteiger partial charge in [-0.2, -0.15) is 0 Å². The number of ether oxygens (including phenoxy) is 2. The van der Waals surface area contributed by atoms with Crippen molar-refractivity contribution in [2.45, 2.75) is 32.2 Å².